The van der Waals surface area contributed by atoms with E-state index < -0.39 is 17.3 Å². The van der Waals surface area contributed by atoms with Gasteiger partial charge >= 0.3 is 5.97 Å². The number of carboxylic acids is 1. The van der Waals surface area contributed by atoms with Gasteiger partial charge in [-0.25, -0.2) is 0 Å². The van der Waals surface area contributed by atoms with Crippen LogP contribution in [0.15, 0.2) is 84.9 Å². The van der Waals surface area contributed by atoms with Crippen molar-refractivity contribution in [1.29, 1.82) is 0 Å². The fourth-order valence-corrected chi connectivity index (χ4v) is 4.20. The van der Waals surface area contributed by atoms with Gasteiger partial charge in [0.25, 0.3) is 0 Å². The Morgan fingerprint density at radius 3 is 1.83 bits per heavy atom. The van der Waals surface area contributed by atoms with Crippen LogP contribution in [-0.2, 0) is 16.6 Å². The Labute approximate surface area is 141 Å². The topological polar surface area (TPSA) is 37.3 Å². The van der Waals surface area contributed by atoms with E-state index in [4.69, 9.17) is 0 Å². The minimum Gasteiger partial charge on any atom is -0.481 e. The zero-order valence-corrected chi connectivity index (χ0v) is 13.2. The van der Waals surface area contributed by atoms with Crippen molar-refractivity contribution in [3.05, 3.63) is 107 Å². The average Bonchev–Trinajstić information content (AvgIpc) is 3.00. The maximum atomic E-state index is 12.2. The first-order valence-electron chi connectivity index (χ1n) is 8.17. The van der Waals surface area contributed by atoms with Gasteiger partial charge in [-0.3, -0.25) is 4.79 Å². The van der Waals surface area contributed by atoms with Crippen molar-refractivity contribution in [2.45, 2.75) is 11.8 Å². The van der Waals surface area contributed by atoms with Crippen LogP contribution < -0.4 is 0 Å². The lowest BCUT2D eigenvalue weighted by Crippen LogP contribution is -2.39. The molecule has 1 N–H and O–H groups in total. The molecular formula is C22H18O2. The molecule has 2 nitrogen and oxygen atoms in total. The Bertz CT molecular complexity index is 829. The lowest BCUT2D eigenvalue weighted by atomic mass is 9.65. The first kappa shape index (κ1) is 14.7. The van der Waals surface area contributed by atoms with Gasteiger partial charge in [0.15, 0.2) is 0 Å². The van der Waals surface area contributed by atoms with E-state index in [1.54, 1.807) is 0 Å². The van der Waals surface area contributed by atoms with Gasteiger partial charge in [-0.2, -0.15) is 0 Å². The Balaban J connectivity index is 2.10. The molecule has 0 aliphatic heterocycles. The van der Waals surface area contributed by atoms with E-state index in [1.165, 1.54) is 0 Å². The van der Waals surface area contributed by atoms with Crippen LogP contribution in [0, 0.1) is 5.92 Å². The summed E-state index contributed by atoms with van der Waals surface area (Å²) in [5.74, 6) is -1.27. The van der Waals surface area contributed by atoms with E-state index in [0.717, 1.165) is 22.3 Å². The molecule has 1 aliphatic carbocycles. The highest BCUT2D eigenvalue weighted by molar-refractivity contribution is 5.79. The molecule has 1 atom stereocenters. The van der Waals surface area contributed by atoms with Gasteiger partial charge in [-0.05, 0) is 28.7 Å². The average molecular weight is 314 g/mol. The van der Waals surface area contributed by atoms with Crippen LogP contribution in [-0.4, -0.2) is 11.1 Å². The molecule has 0 saturated carbocycles. The molecule has 0 aromatic heterocycles. The maximum Gasteiger partial charge on any atom is 0.308 e. The van der Waals surface area contributed by atoms with E-state index in [-0.39, 0.29) is 0 Å². The number of fused-ring (bicyclic) bond motifs is 1. The van der Waals surface area contributed by atoms with Crippen molar-refractivity contribution >= 4 is 5.97 Å². The van der Waals surface area contributed by atoms with Crippen molar-refractivity contribution in [3.63, 3.8) is 0 Å². The van der Waals surface area contributed by atoms with Gasteiger partial charge < -0.3 is 5.11 Å². The van der Waals surface area contributed by atoms with E-state index >= 15 is 0 Å². The molecule has 4 rings (SSSR count). The number of hydrogen-bond donors (Lipinski definition) is 1. The first-order valence-corrected chi connectivity index (χ1v) is 8.17. The Kier molecular flexibility index (Phi) is 3.46. The fraction of sp³-hybridized carbons (Fsp3) is 0.136. The molecule has 0 amide bonds. The summed E-state index contributed by atoms with van der Waals surface area (Å²) in [6.45, 7) is 0. The monoisotopic (exact) mass is 314 g/mol. The molecule has 0 bridgehead atoms. The zero-order valence-electron chi connectivity index (χ0n) is 13.2. The predicted molar refractivity (Wildman–Crippen MR) is 94.0 cm³/mol. The van der Waals surface area contributed by atoms with Gasteiger partial charge in [0, 0.05) is 0 Å². The smallest absolute Gasteiger partial charge is 0.308 e. The molecule has 1 unspecified atom stereocenters. The van der Waals surface area contributed by atoms with E-state index in [2.05, 4.69) is 12.1 Å². The third-order valence-electron chi connectivity index (χ3n) is 5.15. The number of rotatable bonds is 3. The van der Waals surface area contributed by atoms with Crippen molar-refractivity contribution in [3.8, 4) is 0 Å². The summed E-state index contributed by atoms with van der Waals surface area (Å²) >= 11 is 0. The molecule has 1 aliphatic rings. The highest BCUT2D eigenvalue weighted by atomic mass is 16.4. The lowest BCUT2D eigenvalue weighted by molar-refractivity contribution is -0.142. The summed E-state index contributed by atoms with van der Waals surface area (Å²) in [4.78, 5) is 12.2. The van der Waals surface area contributed by atoms with Crippen molar-refractivity contribution in [1.82, 2.24) is 0 Å². The second-order valence-corrected chi connectivity index (χ2v) is 6.29. The summed E-state index contributed by atoms with van der Waals surface area (Å²) < 4.78 is 0. The molecule has 0 heterocycles. The zero-order chi connectivity index (χ0) is 16.6. The van der Waals surface area contributed by atoms with E-state index in [1.807, 2.05) is 72.8 Å². The summed E-state index contributed by atoms with van der Waals surface area (Å²) in [6, 6.07) is 28.2. The summed E-state index contributed by atoms with van der Waals surface area (Å²) in [7, 11) is 0. The predicted octanol–water partition coefficient (Wildman–Crippen LogP) is 4.28. The SMILES string of the molecule is O=C(O)C1Cc2ccccc2C1(c1ccccc1)c1ccccc1. The fourth-order valence-electron chi connectivity index (χ4n) is 4.20. The van der Waals surface area contributed by atoms with E-state index in [9.17, 15) is 9.90 Å². The molecule has 0 spiro atoms. The molecule has 2 heteroatoms. The maximum absolute atomic E-state index is 12.2. The molecule has 118 valence electrons. The van der Waals surface area contributed by atoms with Crippen molar-refractivity contribution < 1.29 is 9.90 Å². The third-order valence-corrected chi connectivity index (χ3v) is 5.15. The quantitative estimate of drug-likeness (QED) is 0.783. The van der Waals surface area contributed by atoms with Gasteiger partial charge in [-0.1, -0.05) is 84.9 Å². The highest BCUT2D eigenvalue weighted by Crippen LogP contribution is 2.52. The van der Waals surface area contributed by atoms with Crippen LogP contribution in [0.3, 0.4) is 0 Å². The Hall–Kier alpha value is -2.87. The molecule has 3 aromatic carbocycles. The number of aliphatic carboxylic acids is 1. The van der Waals surface area contributed by atoms with Gasteiger partial charge in [0.05, 0.1) is 11.3 Å². The molecule has 3 aromatic rings. The highest BCUT2D eigenvalue weighted by Gasteiger charge is 2.52. The Morgan fingerprint density at radius 2 is 1.29 bits per heavy atom. The van der Waals surface area contributed by atoms with Crippen LogP contribution in [0.25, 0.3) is 0 Å². The van der Waals surface area contributed by atoms with E-state index in [0.29, 0.717) is 6.42 Å². The van der Waals surface area contributed by atoms with Crippen molar-refractivity contribution in [2.24, 2.45) is 5.92 Å². The summed E-state index contributed by atoms with van der Waals surface area (Å²) in [6.07, 6.45) is 0.551. The standard InChI is InChI=1S/C22H18O2/c23-21(24)20-15-16-9-7-8-14-19(16)22(20,17-10-3-1-4-11-17)18-12-5-2-6-13-18/h1-14,20H,15H2,(H,23,24). The van der Waals surface area contributed by atoms with Crippen LogP contribution >= 0.6 is 0 Å². The second kappa shape index (κ2) is 5.64. The molecule has 0 fully saturated rings. The van der Waals surface area contributed by atoms with Gasteiger partial charge in [-0.15, -0.1) is 0 Å². The normalized spacial score (nSPS) is 18.1. The lowest BCUT2D eigenvalue weighted by Gasteiger charge is -2.36. The molecule has 0 radical (unpaired) electrons. The van der Waals surface area contributed by atoms with Gasteiger partial charge in [0.1, 0.15) is 0 Å². The van der Waals surface area contributed by atoms with Crippen LogP contribution in [0.5, 0.6) is 0 Å². The minimum absolute atomic E-state index is 0.514. The molecule has 0 saturated heterocycles. The number of benzene rings is 3. The number of carboxylic acid groups (broad SMARTS) is 1. The first-order chi connectivity index (χ1) is 11.7. The van der Waals surface area contributed by atoms with Crippen molar-refractivity contribution in [2.75, 3.05) is 0 Å². The third kappa shape index (κ3) is 2.00. The van der Waals surface area contributed by atoms with Crippen LogP contribution in [0.4, 0.5) is 0 Å². The second-order valence-electron chi connectivity index (χ2n) is 6.29. The summed E-state index contributed by atoms with van der Waals surface area (Å²) in [5, 5.41) is 10.0. The summed E-state index contributed by atoms with van der Waals surface area (Å²) in [5.41, 5.74) is 3.65. The van der Waals surface area contributed by atoms with Crippen LogP contribution in [0.1, 0.15) is 22.3 Å². The molecule has 24 heavy (non-hydrogen) atoms. The largest absolute Gasteiger partial charge is 0.481 e. The number of hydrogen-bond acceptors (Lipinski definition) is 1. The van der Waals surface area contributed by atoms with Crippen LogP contribution in [0.2, 0.25) is 0 Å². The number of carbonyl (C=O) groups is 1. The minimum atomic E-state index is -0.751. The Morgan fingerprint density at radius 1 is 0.792 bits per heavy atom. The molecular weight excluding hydrogens is 296 g/mol. The van der Waals surface area contributed by atoms with Gasteiger partial charge in [0.2, 0.25) is 0 Å².